The number of nitrogens with zero attached hydrogens (tertiary/aromatic N) is 1. The molecular formula is C15H16BrNO2. The summed E-state index contributed by atoms with van der Waals surface area (Å²) in [6, 6.07) is 5.91. The molecule has 1 aromatic carbocycles. The average molecular weight is 322 g/mol. The maximum atomic E-state index is 12.2. The van der Waals surface area contributed by atoms with E-state index in [0.717, 1.165) is 22.1 Å². The first-order valence-electron chi connectivity index (χ1n) is 6.09. The van der Waals surface area contributed by atoms with Crippen molar-refractivity contribution in [3.8, 4) is 11.8 Å². The summed E-state index contributed by atoms with van der Waals surface area (Å²) in [6.45, 7) is 5.94. The smallest absolute Gasteiger partial charge is 0.415 e. The summed E-state index contributed by atoms with van der Waals surface area (Å²) in [5.74, 6) is 6.01. The van der Waals surface area contributed by atoms with Gasteiger partial charge in [0.1, 0.15) is 5.60 Å². The molecule has 0 saturated heterocycles. The Labute approximate surface area is 122 Å². The standard InChI is InChI=1S/C15H16BrNO2/c1-15(2,3)19-14(18)17-8-4-5-12-7-6-11(10-16)9-13(12)17/h6-7,9H,8,10H2,1-3H3. The number of halogens is 1. The second-order valence-corrected chi connectivity index (χ2v) is 5.91. The number of hydrogen-bond acceptors (Lipinski definition) is 2. The molecule has 100 valence electrons. The SMILES string of the molecule is CC(C)(C)OC(=O)N1CC#Cc2ccc(CBr)cc21. The number of fused-ring (bicyclic) bond motifs is 1. The molecule has 0 aliphatic carbocycles. The molecule has 0 spiro atoms. The van der Waals surface area contributed by atoms with Crippen LogP contribution in [0, 0.1) is 11.8 Å². The quantitative estimate of drug-likeness (QED) is 0.583. The van der Waals surface area contributed by atoms with Crippen molar-refractivity contribution in [2.24, 2.45) is 0 Å². The molecule has 0 N–H and O–H groups in total. The van der Waals surface area contributed by atoms with Crippen molar-refractivity contribution in [1.29, 1.82) is 0 Å². The van der Waals surface area contributed by atoms with Crippen molar-refractivity contribution in [3.05, 3.63) is 29.3 Å². The monoisotopic (exact) mass is 321 g/mol. The van der Waals surface area contributed by atoms with E-state index in [4.69, 9.17) is 4.74 Å². The van der Waals surface area contributed by atoms with Gasteiger partial charge in [0.25, 0.3) is 0 Å². The molecule has 0 atom stereocenters. The van der Waals surface area contributed by atoms with Crippen molar-refractivity contribution in [2.45, 2.75) is 31.7 Å². The summed E-state index contributed by atoms with van der Waals surface area (Å²) >= 11 is 3.42. The van der Waals surface area contributed by atoms with Gasteiger partial charge in [0, 0.05) is 10.9 Å². The number of benzene rings is 1. The van der Waals surface area contributed by atoms with E-state index in [2.05, 4.69) is 27.8 Å². The van der Waals surface area contributed by atoms with Crippen LogP contribution >= 0.6 is 15.9 Å². The van der Waals surface area contributed by atoms with Crippen molar-refractivity contribution in [2.75, 3.05) is 11.4 Å². The van der Waals surface area contributed by atoms with E-state index < -0.39 is 5.60 Å². The molecule has 1 aliphatic heterocycles. The summed E-state index contributed by atoms with van der Waals surface area (Å²) in [5.41, 5.74) is 2.29. The van der Waals surface area contributed by atoms with Crippen LogP contribution in [0.3, 0.4) is 0 Å². The summed E-state index contributed by atoms with van der Waals surface area (Å²) < 4.78 is 5.42. The van der Waals surface area contributed by atoms with Crippen LogP contribution in [0.1, 0.15) is 31.9 Å². The van der Waals surface area contributed by atoms with E-state index in [1.54, 1.807) is 4.90 Å². The number of ether oxygens (including phenoxy) is 1. The highest BCUT2D eigenvalue weighted by Crippen LogP contribution is 2.26. The highest BCUT2D eigenvalue weighted by atomic mass is 79.9. The second kappa shape index (κ2) is 5.26. The largest absolute Gasteiger partial charge is 0.443 e. The number of anilines is 1. The summed E-state index contributed by atoms with van der Waals surface area (Å²) in [6.07, 6.45) is -0.352. The third kappa shape index (κ3) is 3.30. The fraction of sp³-hybridized carbons (Fsp3) is 0.400. The van der Waals surface area contributed by atoms with Crippen LogP contribution in [0.4, 0.5) is 10.5 Å². The first-order chi connectivity index (χ1) is 8.90. The van der Waals surface area contributed by atoms with Gasteiger partial charge >= 0.3 is 6.09 Å². The van der Waals surface area contributed by atoms with Crippen LogP contribution in [-0.2, 0) is 10.1 Å². The van der Waals surface area contributed by atoms with Crippen molar-refractivity contribution < 1.29 is 9.53 Å². The lowest BCUT2D eigenvalue weighted by Crippen LogP contribution is -2.38. The fourth-order valence-corrected chi connectivity index (χ4v) is 2.12. The predicted molar refractivity (Wildman–Crippen MR) is 79.5 cm³/mol. The van der Waals surface area contributed by atoms with E-state index in [1.807, 2.05) is 39.0 Å². The molecule has 4 heteroatoms. The minimum absolute atomic E-state index is 0.352. The maximum absolute atomic E-state index is 12.2. The van der Waals surface area contributed by atoms with Gasteiger partial charge in [-0.1, -0.05) is 33.8 Å². The van der Waals surface area contributed by atoms with E-state index >= 15 is 0 Å². The van der Waals surface area contributed by atoms with Gasteiger partial charge in [-0.3, -0.25) is 4.90 Å². The summed E-state index contributed by atoms with van der Waals surface area (Å²) in [5, 5.41) is 0.746. The molecule has 0 aromatic heterocycles. The molecule has 0 unspecified atom stereocenters. The van der Waals surface area contributed by atoms with Crippen molar-refractivity contribution >= 4 is 27.7 Å². The van der Waals surface area contributed by atoms with E-state index in [1.165, 1.54) is 0 Å². The number of amides is 1. The maximum Gasteiger partial charge on any atom is 0.415 e. The Morgan fingerprint density at radius 2 is 2.21 bits per heavy atom. The van der Waals surface area contributed by atoms with Crippen LogP contribution in [0.15, 0.2) is 18.2 Å². The van der Waals surface area contributed by atoms with E-state index in [9.17, 15) is 4.79 Å². The number of carbonyl (C=O) groups is 1. The Kier molecular flexibility index (Phi) is 3.86. The van der Waals surface area contributed by atoms with Gasteiger partial charge in [-0.2, -0.15) is 0 Å². The van der Waals surface area contributed by atoms with E-state index in [-0.39, 0.29) is 6.09 Å². The van der Waals surface area contributed by atoms with Gasteiger partial charge in [-0.05, 0) is 38.5 Å². The Balaban J connectivity index is 2.32. The summed E-state index contributed by atoms with van der Waals surface area (Å²) in [4.78, 5) is 13.8. The Bertz CT molecular complexity index is 564. The molecule has 0 saturated carbocycles. The average Bonchev–Trinajstić information content (AvgIpc) is 2.35. The lowest BCUT2D eigenvalue weighted by Gasteiger charge is -2.28. The van der Waals surface area contributed by atoms with Gasteiger partial charge in [0.05, 0.1) is 12.2 Å². The first kappa shape index (κ1) is 14.0. The molecule has 1 heterocycles. The van der Waals surface area contributed by atoms with Gasteiger partial charge in [0.15, 0.2) is 0 Å². The molecule has 0 radical (unpaired) electrons. The third-order valence-electron chi connectivity index (χ3n) is 2.58. The van der Waals surface area contributed by atoms with Crippen molar-refractivity contribution in [3.63, 3.8) is 0 Å². The van der Waals surface area contributed by atoms with Gasteiger partial charge in [-0.25, -0.2) is 4.79 Å². The van der Waals surface area contributed by atoms with E-state index in [0.29, 0.717) is 6.54 Å². The van der Waals surface area contributed by atoms with Gasteiger partial charge < -0.3 is 4.74 Å². The number of hydrogen-bond donors (Lipinski definition) is 0. The zero-order valence-electron chi connectivity index (χ0n) is 11.3. The van der Waals surface area contributed by atoms with Crippen LogP contribution in [0.5, 0.6) is 0 Å². The van der Waals surface area contributed by atoms with Gasteiger partial charge in [0.2, 0.25) is 0 Å². The highest BCUT2D eigenvalue weighted by molar-refractivity contribution is 9.08. The molecule has 2 rings (SSSR count). The normalized spacial score (nSPS) is 13.4. The molecule has 0 fully saturated rings. The Hall–Kier alpha value is -1.47. The Morgan fingerprint density at radius 3 is 2.84 bits per heavy atom. The van der Waals surface area contributed by atoms with Crippen LogP contribution in [0.25, 0.3) is 0 Å². The topological polar surface area (TPSA) is 29.5 Å². The van der Waals surface area contributed by atoms with Crippen LogP contribution in [-0.4, -0.2) is 18.2 Å². The van der Waals surface area contributed by atoms with Crippen LogP contribution < -0.4 is 4.90 Å². The highest BCUT2D eigenvalue weighted by Gasteiger charge is 2.25. The molecule has 19 heavy (non-hydrogen) atoms. The number of carbonyl (C=O) groups excluding carboxylic acids is 1. The first-order valence-corrected chi connectivity index (χ1v) is 7.21. The third-order valence-corrected chi connectivity index (χ3v) is 3.23. The van der Waals surface area contributed by atoms with Crippen LogP contribution in [0.2, 0.25) is 0 Å². The number of rotatable bonds is 1. The number of alkyl halides is 1. The zero-order valence-corrected chi connectivity index (χ0v) is 12.9. The minimum atomic E-state index is -0.505. The summed E-state index contributed by atoms with van der Waals surface area (Å²) in [7, 11) is 0. The lowest BCUT2D eigenvalue weighted by atomic mass is 10.1. The lowest BCUT2D eigenvalue weighted by molar-refractivity contribution is 0.0584. The predicted octanol–water partition coefficient (Wildman–Crippen LogP) is 3.69. The molecule has 3 nitrogen and oxygen atoms in total. The molecule has 1 aliphatic rings. The zero-order chi connectivity index (χ0) is 14.0. The molecule has 0 bridgehead atoms. The molecule has 1 amide bonds. The molecule has 1 aromatic rings. The van der Waals surface area contributed by atoms with Gasteiger partial charge in [-0.15, -0.1) is 0 Å². The minimum Gasteiger partial charge on any atom is -0.443 e. The second-order valence-electron chi connectivity index (χ2n) is 5.35. The van der Waals surface area contributed by atoms with Crippen molar-refractivity contribution in [1.82, 2.24) is 0 Å². The molecular weight excluding hydrogens is 306 g/mol. The fourth-order valence-electron chi connectivity index (χ4n) is 1.77. The Morgan fingerprint density at radius 1 is 1.47 bits per heavy atom.